The van der Waals surface area contributed by atoms with Crippen LogP contribution in [0, 0.1) is 17.6 Å². The summed E-state index contributed by atoms with van der Waals surface area (Å²) in [6, 6.07) is 29.5. The molecule has 13 heteroatoms. The molecule has 0 aliphatic rings. The number of hydrogen-bond acceptors (Lipinski definition) is 8. The Bertz CT molecular complexity index is 1780. The smallest absolute Gasteiger partial charge is 0.407 e. The molecule has 0 aliphatic heterocycles. The van der Waals surface area contributed by atoms with Gasteiger partial charge in [-0.25, -0.2) is 18.4 Å². The molecule has 0 aromatic heterocycles. The molecule has 0 saturated carbocycles. The van der Waals surface area contributed by atoms with Gasteiger partial charge in [0.15, 0.2) is 6.10 Å². The largest absolute Gasteiger partial charge is 0.459 e. The van der Waals surface area contributed by atoms with Gasteiger partial charge in [0, 0.05) is 12.6 Å². The van der Waals surface area contributed by atoms with Gasteiger partial charge in [-0.05, 0) is 54.0 Å². The van der Waals surface area contributed by atoms with E-state index in [1.165, 1.54) is 0 Å². The summed E-state index contributed by atoms with van der Waals surface area (Å²) in [7, 11) is -4.48. The maximum Gasteiger partial charge on any atom is 0.407 e. The topological polar surface area (TPSA) is 129 Å². The standard InChI is InChI=1S/C39H43F2N2O8P/c1-28(2)37(43-36(44)33-22-21-32(40)24-34(33)41)52(47,50-27-31-18-10-5-11-19-31)51-35(38(45)48-25-29-14-6-3-7-15-29)20-12-13-23-42-39(46)49-26-30-16-8-4-9-17-30/h3-11,14-19,21-22,24,28,35,37H,12-13,20,23,25-27H2,1-2H3,(H,42,46)(H,43,44)/t35?,37-,52?/m0/s1. The molecular weight excluding hydrogens is 693 g/mol. The molecule has 4 aromatic carbocycles. The minimum Gasteiger partial charge on any atom is -0.459 e. The van der Waals surface area contributed by atoms with Crippen molar-refractivity contribution in [1.82, 2.24) is 10.6 Å². The highest BCUT2D eigenvalue weighted by Gasteiger charge is 2.44. The van der Waals surface area contributed by atoms with E-state index in [1.54, 1.807) is 68.4 Å². The molecule has 52 heavy (non-hydrogen) atoms. The van der Waals surface area contributed by atoms with E-state index in [0.29, 0.717) is 30.0 Å². The average Bonchev–Trinajstić information content (AvgIpc) is 3.14. The molecule has 4 rings (SSSR count). The molecule has 3 atom stereocenters. The molecule has 0 fully saturated rings. The van der Waals surface area contributed by atoms with Gasteiger partial charge in [0.05, 0.1) is 12.2 Å². The lowest BCUT2D eigenvalue weighted by molar-refractivity contribution is -0.154. The van der Waals surface area contributed by atoms with E-state index in [1.807, 2.05) is 36.4 Å². The predicted molar refractivity (Wildman–Crippen MR) is 191 cm³/mol. The van der Waals surface area contributed by atoms with Gasteiger partial charge < -0.3 is 24.6 Å². The third kappa shape index (κ3) is 12.7. The first-order valence-corrected chi connectivity index (χ1v) is 18.5. The molecule has 0 saturated heterocycles. The Morgan fingerprint density at radius 2 is 1.29 bits per heavy atom. The highest BCUT2D eigenvalue weighted by Crippen LogP contribution is 2.56. The lowest BCUT2D eigenvalue weighted by Gasteiger charge is -2.32. The van der Waals surface area contributed by atoms with Crippen LogP contribution in [0.25, 0.3) is 0 Å². The second kappa shape index (κ2) is 20.2. The Balaban J connectivity index is 1.51. The minimum absolute atomic E-state index is 0.0123. The number of ether oxygens (including phenoxy) is 2. The monoisotopic (exact) mass is 736 g/mol. The normalized spacial score (nSPS) is 13.4. The summed E-state index contributed by atoms with van der Waals surface area (Å²) in [6.07, 6.45) is -1.29. The summed E-state index contributed by atoms with van der Waals surface area (Å²) in [5.74, 6) is -5.75. The molecule has 0 radical (unpaired) electrons. The van der Waals surface area contributed by atoms with Crippen molar-refractivity contribution in [2.75, 3.05) is 6.54 Å². The number of rotatable bonds is 19. The van der Waals surface area contributed by atoms with Gasteiger partial charge in [0.1, 0.15) is 30.6 Å². The zero-order valence-electron chi connectivity index (χ0n) is 29.0. The summed E-state index contributed by atoms with van der Waals surface area (Å²) in [5, 5.41) is 5.23. The van der Waals surface area contributed by atoms with Crippen LogP contribution in [0.15, 0.2) is 109 Å². The van der Waals surface area contributed by atoms with Crippen molar-refractivity contribution < 1.29 is 46.3 Å². The minimum atomic E-state index is -4.48. The average molecular weight is 737 g/mol. The number of carbonyl (C=O) groups is 3. The van der Waals surface area contributed by atoms with E-state index in [9.17, 15) is 27.7 Å². The molecule has 0 spiro atoms. The van der Waals surface area contributed by atoms with Crippen molar-refractivity contribution in [3.05, 3.63) is 143 Å². The van der Waals surface area contributed by atoms with Crippen LogP contribution in [-0.4, -0.2) is 36.4 Å². The third-order valence-corrected chi connectivity index (χ3v) is 10.3. The second-order valence-electron chi connectivity index (χ2n) is 12.3. The number of carbonyl (C=O) groups excluding carboxylic acids is 3. The summed E-state index contributed by atoms with van der Waals surface area (Å²) in [5.41, 5.74) is 1.71. The van der Waals surface area contributed by atoms with Crippen molar-refractivity contribution in [3.63, 3.8) is 0 Å². The highest BCUT2D eigenvalue weighted by molar-refractivity contribution is 7.54. The Morgan fingerprint density at radius 1 is 0.731 bits per heavy atom. The number of alkyl carbamates (subject to hydrolysis) is 1. The molecule has 2 amide bonds. The molecule has 10 nitrogen and oxygen atoms in total. The Morgan fingerprint density at radius 3 is 1.85 bits per heavy atom. The molecule has 0 heterocycles. The molecule has 2 unspecified atom stereocenters. The van der Waals surface area contributed by atoms with Crippen LogP contribution in [-0.2, 0) is 47.7 Å². The molecule has 0 aliphatic carbocycles. The Kier molecular flexibility index (Phi) is 15.5. The number of nitrogens with one attached hydrogen (secondary N) is 2. The fourth-order valence-corrected chi connectivity index (χ4v) is 7.28. The quantitative estimate of drug-likeness (QED) is 0.0559. The number of amides is 2. The zero-order chi connectivity index (χ0) is 37.3. The zero-order valence-corrected chi connectivity index (χ0v) is 29.9. The summed E-state index contributed by atoms with van der Waals surface area (Å²) in [6.45, 7) is 3.34. The van der Waals surface area contributed by atoms with Gasteiger partial charge >= 0.3 is 19.7 Å². The first kappa shape index (κ1) is 39.9. The second-order valence-corrected chi connectivity index (χ2v) is 14.4. The van der Waals surface area contributed by atoms with Crippen molar-refractivity contribution in [2.45, 2.75) is 64.8 Å². The molecule has 0 bridgehead atoms. The van der Waals surface area contributed by atoms with Crippen LogP contribution in [0.5, 0.6) is 0 Å². The Hall–Kier alpha value is -4.90. The molecule has 4 aromatic rings. The van der Waals surface area contributed by atoms with Crippen LogP contribution in [0.4, 0.5) is 13.6 Å². The number of benzene rings is 4. The van der Waals surface area contributed by atoms with Gasteiger partial charge in [0.25, 0.3) is 5.91 Å². The van der Waals surface area contributed by atoms with Crippen LogP contribution in [0.1, 0.15) is 60.2 Å². The number of hydrogen-bond donors (Lipinski definition) is 2. The van der Waals surface area contributed by atoms with E-state index in [2.05, 4.69) is 10.6 Å². The number of unbranched alkanes of at least 4 members (excludes halogenated alkanes) is 1. The maximum absolute atomic E-state index is 14.9. The summed E-state index contributed by atoms with van der Waals surface area (Å²) < 4.78 is 66.0. The van der Waals surface area contributed by atoms with Crippen molar-refractivity contribution in [3.8, 4) is 0 Å². The molecule has 276 valence electrons. The first-order valence-electron chi connectivity index (χ1n) is 16.9. The van der Waals surface area contributed by atoms with Crippen LogP contribution in [0.2, 0.25) is 0 Å². The van der Waals surface area contributed by atoms with Crippen molar-refractivity contribution >= 4 is 25.6 Å². The highest BCUT2D eigenvalue weighted by atomic mass is 31.2. The fourth-order valence-electron chi connectivity index (χ4n) is 5.04. The van der Waals surface area contributed by atoms with E-state index >= 15 is 0 Å². The van der Waals surface area contributed by atoms with Gasteiger partial charge in [-0.1, -0.05) is 105 Å². The van der Waals surface area contributed by atoms with Gasteiger partial charge in [-0.2, -0.15) is 0 Å². The maximum atomic E-state index is 14.9. The number of halogens is 2. The fraction of sp³-hybridized carbons (Fsp3) is 0.308. The third-order valence-electron chi connectivity index (χ3n) is 7.82. The van der Waals surface area contributed by atoms with E-state index < -0.39 is 60.6 Å². The lowest BCUT2D eigenvalue weighted by atomic mass is 10.1. The SMILES string of the molecule is CC(C)[C@@H](NC(=O)c1ccc(F)cc1F)P(=O)(OCc1ccccc1)OC(CCCCNC(=O)OCc1ccccc1)C(=O)OCc1ccccc1. The summed E-state index contributed by atoms with van der Waals surface area (Å²) >= 11 is 0. The van der Waals surface area contributed by atoms with Gasteiger partial charge in [-0.15, -0.1) is 0 Å². The van der Waals surface area contributed by atoms with Crippen LogP contribution >= 0.6 is 7.60 Å². The Labute approximate surface area is 302 Å². The van der Waals surface area contributed by atoms with Crippen LogP contribution in [0.3, 0.4) is 0 Å². The van der Waals surface area contributed by atoms with Crippen molar-refractivity contribution in [1.29, 1.82) is 0 Å². The van der Waals surface area contributed by atoms with Crippen LogP contribution < -0.4 is 10.6 Å². The van der Waals surface area contributed by atoms with Gasteiger partial charge in [-0.3, -0.25) is 13.9 Å². The van der Waals surface area contributed by atoms with E-state index in [4.69, 9.17) is 18.5 Å². The lowest BCUT2D eigenvalue weighted by Crippen LogP contribution is -2.41. The predicted octanol–water partition coefficient (Wildman–Crippen LogP) is 8.31. The van der Waals surface area contributed by atoms with E-state index in [0.717, 1.165) is 17.7 Å². The molecule has 2 N–H and O–H groups in total. The van der Waals surface area contributed by atoms with Crippen molar-refractivity contribution in [2.24, 2.45) is 5.92 Å². The molecular formula is C39H43F2N2O8P. The number of esters is 1. The first-order chi connectivity index (χ1) is 25.0. The summed E-state index contributed by atoms with van der Waals surface area (Å²) in [4.78, 5) is 39.1. The van der Waals surface area contributed by atoms with E-state index in [-0.39, 0.29) is 32.8 Å². The van der Waals surface area contributed by atoms with Gasteiger partial charge in [0.2, 0.25) is 0 Å².